The van der Waals surface area contributed by atoms with Crippen molar-refractivity contribution in [1.29, 1.82) is 0 Å². The molecule has 1 N–H and O–H groups in total. The van der Waals surface area contributed by atoms with Gasteiger partial charge in [0.1, 0.15) is 0 Å². The SMILES string of the molecule is CCN(CCCNCc1nc(-c2ccc(C(F)(F)F)cc2)no1)Cc1ccccc1.Cl. The van der Waals surface area contributed by atoms with E-state index in [1.807, 2.05) is 18.2 Å². The van der Waals surface area contributed by atoms with Crippen LogP contribution >= 0.6 is 12.4 Å². The molecular weight excluding hydrogens is 429 g/mol. The van der Waals surface area contributed by atoms with Gasteiger partial charge >= 0.3 is 6.18 Å². The Morgan fingerprint density at radius 2 is 1.74 bits per heavy atom. The summed E-state index contributed by atoms with van der Waals surface area (Å²) >= 11 is 0. The lowest BCUT2D eigenvalue weighted by atomic mass is 10.1. The molecule has 0 saturated carbocycles. The minimum absolute atomic E-state index is 0. The number of nitrogens with zero attached hydrogens (tertiary/aromatic N) is 3. The minimum Gasteiger partial charge on any atom is -0.338 e. The van der Waals surface area contributed by atoms with Crippen molar-refractivity contribution in [2.24, 2.45) is 0 Å². The quantitative estimate of drug-likeness (QED) is 0.428. The Bertz CT molecular complexity index is 901. The van der Waals surface area contributed by atoms with Crippen molar-refractivity contribution >= 4 is 12.4 Å². The van der Waals surface area contributed by atoms with Crippen LogP contribution < -0.4 is 5.32 Å². The molecule has 1 aromatic heterocycles. The highest BCUT2D eigenvalue weighted by molar-refractivity contribution is 5.85. The average molecular weight is 455 g/mol. The van der Waals surface area contributed by atoms with Gasteiger partial charge in [0.2, 0.25) is 11.7 Å². The number of hydrogen-bond donors (Lipinski definition) is 1. The number of aromatic nitrogens is 2. The van der Waals surface area contributed by atoms with Crippen LogP contribution in [0.3, 0.4) is 0 Å². The van der Waals surface area contributed by atoms with Crippen LogP contribution in [0.25, 0.3) is 11.4 Å². The summed E-state index contributed by atoms with van der Waals surface area (Å²) in [4.78, 5) is 6.63. The summed E-state index contributed by atoms with van der Waals surface area (Å²) in [6.45, 7) is 6.24. The maximum atomic E-state index is 12.6. The summed E-state index contributed by atoms with van der Waals surface area (Å²) in [5.41, 5.74) is 1.08. The molecule has 2 aromatic carbocycles. The Kier molecular flexibility index (Phi) is 9.48. The molecule has 0 aliphatic carbocycles. The first kappa shape index (κ1) is 24.8. The molecule has 0 aliphatic rings. The van der Waals surface area contributed by atoms with Crippen LogP contribution in [0.1, 0.15) is 30.4 Å². The molecule has 0 spiro atoms. The second kappa shape index (κ2) is 11.8. The highest BCUT2D eigenvalue weighted by Gasteiger charge is 2.30. The summed E-state index contributed by atoms with van der Waals surface area (Å²) in [6.07, 6.45) is -3.39. The fraction of sp³-hybridized carbons (Fsp3) is 0.364. The third-order valence-electron chi connectivity index (χ3n) is 4.74. The number of benzene rings is 2. The third-order valence-corrected chi connectivity index (χ3v) is 4.74. The van der Waals surface area contributed by atoms with E-state index in [9.17, 15) is 13.2 Å². The van der Waals surface area contributed by atoms with Crippen molar-refractivity contribution < 1.29 is 17.7 Å². The third kappa shape index (κ3) is 7.65. The lowest BCUT2D eigenvalue weighted by Crippen LogP contribution is -2.27. The van der Waals surface area contributed by atoms with E-state index in [4.69, 9.17) is 4.52 Å². The van der Waals surface area contributed by atoms with E-state index in [2.05, 4.69) is 39.4 Å². The van der Waals surface area contributed by atoms with Gasteiger partial charge in [0.05, 0.1) is 12.1 Å². The topological polar surface area (TPSA) is 54.2 Å². The summed E-state index contributed by atoms with van der Waals surface area (Å²) in [5.74, 6) is 0.682. The fourth-order valence-corrected chi connectivity index (χ4v) is 3.07. The smallest absolute Gasteiger partial charge is 0.338 e. The first-order valence-electron chi connectivity index (χ1n) is 9.93. The molecule has 9 heteroatoms. The Labute approximate surface area is 186 Å². The van der Waals surface area contributed by atoms with Crippen LogP contribution in [0.15, 0.2) is 59.1 Å². The molecule has 0 aliphatic heterocycles. The minimum atomic E-state index is -4.36. The van der Waals surface area contributed by atoms with Gasteiger partial charge in [-0.05, 0) is 43.8 Å². The first-order valence-corrected chi connectivity index (χ1v) is 9.93. The van der Waals surface area contributed by atoms with Crippen LogP contribution in [0.4, 0.5) is 13.2 Å². The van der Waals surface area contributed by atoms with Crippen molar-refractivity contribution in [3.8, 4) is 11.4 Å². The Morgan fingerprint density at radius 1 is 1.03 bits per heavy atom. The van der Waals surface area contributed by atoms with Gasteiger partial charge in [-0.25, -0.2) is 0 Å². The van der Waals surface area contributed by atoms with Gasteiger partial charge in [-0.15, -0.1) is 12.4 Å². The summed E-state index contributed by atoms with van der Waals surface area (Å²) < 4.78 is 43.1. The van der Waals surface area contributed by atoms with E-state index in [1.54, 1.807) is 0 Å². The van der Waals surface area contributed by atoms with Gasteiger partial charge in [0, 0.05) is 12.1 Å². The van der Waals surface area contributed by atoms with Crippen molar-refractivity contribution in [3.63, 3.8) is 0 Å². The lowest BCUT2D eigenvalue weighted by molar-refractivity contribution is -0.137. The maximum absolute atomic E-state index is 12.6. The van der Waals surface area contributed by atoms with E-state index >= 15 is 0 Å². The van der Waals surface area contributed by atoms with Crippen molar-refractivity contribution in [1.82, 2.24) is 20.4 Å². The Balaban J connectivity index is 0.00000341. The molecular formula is C22H26ClF3N4O. The second-order valence-electron chi connectivity index (χ2n) is 6.97. The number of alkyl halides is 3. The van der Waals surface area contributed by atoms with Gasteiger partial charge in [-0.2, -0.15) is 18.2 Å². The van der Waals surface area contributed by atoms with Crippen LogP contribution in [0.2, 0.25) is 0 Å². The zero-order valence-electron chi connectivity index (χ0n) is 17.2. The van der Waals surface area contributed by atoms with E-state index in [0.717, 1.165) is 44.7 Å². The molecule has 1 heterocycles. The maximum Gasteiger partial charge on any atom is 0.416 e. The molecule has 0 saturated heterocycles. The molecule has 0 radical (unpaired) electrons. The van der Waals surface area contributed by atoms with E-state index in [-0.39, 0.29) is 18.2 Å². The number of nitrogens with one attached hydrogen (secondary N) is 1. The molecule has 3 rings (SSSR count). The van der Waals surface area contributed by atoms with Gasteiger partial charge in [-0.1, -0.05) is 54.5 Å². The van der Waals surface area contributed by atoms with Crippen LogP contribution in [0, 0.1) is 0 Å². The van der Waals surface area contributed by atoms with Gasteiger partial charge in [0.15, 0.2) is 0 Å². The monoisotopic (exact) mass is 454 g/mol. The summed E-state index contributed by atoms with van der Waals surface area (Å²) in [6, 6.07) is 15.1. The second-order valence-corrected chi connectivity index (χ2v) is 6.97. The molecule has 3 aromatic rings. The normalized spacial score (nSPS) is 11.5. The van der Waals surface area contributed by atoms with Crippen molar-refractivity contribution in [3.05, 3.63) is 71.6 Å². The van der Waals surface area contributed by atoms with Crippen molar-refractivity contribution in [2.75, 3.05) is 19.6 Å². The summed E-state index contributed by atoms with van der Waals surface area (Å²) in [5, 5.41) is 7.12. The number of halogens is 4. The van der Waals surface area contributed by atoms with Crippen LogP contribution in [0.5, 0.6) is 0 Å². The summed E-state index contributed by atoms with van der Waals surface area (Å²) in [7, 11) is 0. The predicted molar refractivity (Wildman–Crippen MR) is 116 cm³/mol. The fourth-order valence-electron chi connectivity index (χ4n) is 3.07. The van der Waals surface area contributed by atoms with Crippen LogP contribution in [-0.4, -0.2) is 34.7 Å². The number of rotatable bonds is 10. The molecule has 0 bridgehead atoms. The highest BCUT2D eigenvalue weighted by Crippen LogP contribution is 2.30. The standard InChI is InChI=1S/C22H25F3N4O.ClH/c1-2-29(16-17-7-4-3-5-8-17)14-6-13-26-15-20-27-21(28-30-20)18-9-11-19(12-10-18)22(23,24)25;/h3-5,7-12,26H,2,6,13-16H2,1H3;1H. The zero-order chi connectivity index (χ0) is 21.4. The molecule has 0 fully saturated rings. The lowest BCUT2D eigenvalue weighted by Gasteiger charge is -2.20. The Hall–Kier alpha value is -2.42. The molecule has 0 amide bonds. The molecule has 0 atom stereocenters. The molecule has 31 heavy (non-hydrogen) atoms. The Morgan fingerprint density at radius 3 is 2.39 bits per heavy atom. The molecule has 168 valence electrons. The largest absolute Gasteiger partial charge is 0.416 e. The van der Waals surface area contributed by atoms with Gasteiger partial charge < -0.3 is 9.84 Å². The van der Waals surface area contributed by atoms with E-state index < -0.39 is 11.7 Å². The van der Waals surface area contributed by atoms with Gasteiger partial charge in [0.25, 0.3) is 0 Å². The molecule has 0 unspecified atom stereocenters. The molecule has 5 nitrogen and oxygen atoms in total. The number of hydrogen-bond acceptors (Lipinski definition) is 5. The highest BCUT2D eigenvalue weighted by atomic mass is 35.5. The zero-order valence-corrected chi connectivity index (χ0v) is 18.0. The predicted octanol–water partition coefficient (Wildman–Crippen LogP) is 5.18. The average Bonchev–Trinajstić information content (AvgIpc) is 3.22. The van der Waals surface area contributed by atoms with Crippen molar-refractivity contribution in [2.45, 2.75) is 32.6 Å². The first-order chi connectivity index (χ1) is 14.5. The van der Waals surface area contributed by atoms with Gasteiger partial charge in [-0.3, -0.25) is 4.90 Å². The van der Waals surface area contributed by atoms with E-state index in [0.29, 0.717) is 18.0 Å². The van der Waals surface area contributed by atoms with Crippen LogP contribution in [-0.2, 0) is 19.3 Å². The van der Waals surface area contributed by atoms with E-state index in [1.165, 1.54) is 17.7 Å².